The van der Waals surface area contributed by atoms with E-state index in [1.807, 2.05) is 0 Å². The molecule has 0 aromatic heterocycles. The molecular weight excluding hydrogens is 281 g/mol. The molecule has 2 atom stereocenters. The van der Waals surface area contributed by atoms with Gasteiger partial charge in [-0.05, 0) is 12.1 Å². The number of rotatable bonds is 5. The fourth-order valence-electron chi connectivity index (χ4n) is 2.15. The summed E-state index contributed by atoms with van der Waals surface area (Å²) in [7, 11) is 1.51. The number of carbonyl (C=O) groups is 2. The normalized spacial score (nSPS) is 21.0. The first kappa shape index (κ1) is 15.2. The van der Waals surface area contributed by atoms with Crippen LogP contribution in [0.2, 0.25) is 0 Å². The Bertz CT molecular complexity index is 536. The smallest absolute Gasteiger partial charge is 0.311 e. The summed E-state index contributed by atoms with van der Waals surface area (Å²) < 4.78 is 23.3. The monoisotopic (exact) mass is 297 g/mol. The van der Waals surface area contributed by atoms with Gasteiger partial charge in [-0.25, -0.2) is 4.39 Å². The van der Waals surface area contributed by atoms with Crippen molar-refractivity contribution in [3.05, 3.63) is 30.1 Å². The summed E-state index contributed by atoms with van der Waals surface area (Å²) in [6.45, 7) is -0.0235. The van der Waals surface area contributed by atoms with Gasteiger partial charge in [0, 0.05) is 13.1 Å². The predicted molar refractivity (Wildman–Crippen MR) is 70.4 cm³/mol. The second-order valence-corrected chi connectivity index (χ2v) is 4.80. The maximum atomic E-state index is 13.0. The number of hydrogen-bond donors (Lipinski definition) is 1. The summed E-state index contributed by atoms with van der Waals surface area (Å²) in [6.07, 6.45) is 0. The molecule has 0 saturated carbocycles. The molecule has 1 aromatic rings. The molecule has 0 spiro atoms. The number of amides is 1. The summed E-state index contributed by atoms with van der Waals surface area (Å²) in [5.41, 5.74) is 0. The number of hydrogen-bond acceptors (Lipinski definition) is 4. The van der Waals surface area contributed by atoms with Crippen LogP contribution in [0.1, 0.15) is 0 Å². The Balaban J connectivity index is 1.92. The summed E-state index contributed by atoms with van der Waals surface area (Å²) in [6, 6.07) is 4.94. The van der Waals surface area contributed by atoms with Crippen LogP contribution >= 0.6 is 0 Å². The van der Waals surface area contributed by atoms with Crippen molar-refractivity contribution in [3.63, 3.8) is 0 Å². The Labute approximate surface area is 121 Å². The highest BCUT2D eigenvalue weighted by Gasteiger charge is 2.38. The van der Waals surface area contributed by atoms with Crippen molar-refractivity contribution in [1.82, 2.24) is 4.90 Å². The van der Waals surface area contributed by atoms with Crippen molar-refractivity contribution in [2.45, 2.75) is 6.04 Å². The van der Waals surface area contributed by atoms with E-state index in [2.05, 4.69) is 0 Å². The molecule has 7 heteroatoms. The molecule has 1 aliphatic rings. The van der Waals surface area contributed by atoms with E-state index in [-0.39, 0.29) is 31.5 Å². The molecule has 1 aliphatic heterocycles. The third-order valence-electron chi connectivity index (χ3n) is 3.42. The first-order valence-electron chi connectivity index (χ1n) is 6.43. The summed E-state index contributed by atoms with van der Waals surface area (Å²) >= 11 is 0. The lowest BCUT2D eigenvalue weighted by Crippen LogP contribution is -2.45. The van der Waals surface area contributed by atoms with E-state index in [9.17, 15) is 14.0 Å². The highest BCUT2D eigenvalue weighted by Crippen LogP contribution is 2.19. The predicted octanol–water partition coefficient (Wildman–Crippen LogP) is 0.762. The molecule has 0 radical (unpaired) electrons. The standard InChI is InChI=1S/C14H16FNO5/c1-16(12-7-20-6-11(12)14(18)19)13(17)8-21-10-4-2-3-9(15)5-10/h2-5,11-12H,6-8H2,1H3,(H,18,19). The van der Waals surface area contributed by atoms with Crippen LogP contribution in [-0.4, -0.2) is 54.8 Å². The van der Waals surface area contributed by atoms with Crippen LogP contribution in [0.3, 0.4) is 0 Å². The van der Waals surface area contributed by atoms with Gasteiger partial charge in [-0.3, -0.25) is 9.59 Å². The number of halogens is 1. The molecule has 1 amide bonds. The van der Waals surface area contributed by atoms with Crippen molar-refractivity contribution in [3.8, 4) is 5.75 Å². The maximum absolute atomic E-state index is 13.0. The average Bonchev–Trinajstić information content (AvgIpc) is 2.93. The Morgan fingerprint density at radius 1 is 1.48 bits per heavy atom. The number of carboxylic acid groups (broad SMARTS) is 1. The van der Waals surface area contributed by atoms with Crippen LogP contribution in [0.25, 0.3) is 0 Å². The van der Waals surface area contributed by atoms with E-state index >= 15 is 0 Å². The summed E-state index contributed by atoms with van der Waals surface area (Å²) in [4.78, 5) is 24.4. The number of ether oxygens (including phenoxy) is 2. The van der Waals surface area contributed by atoms with Crippen LogP contribution in [0.5, 0.6) is 5.75 Å². The molecule has 1 heterocycles. The lowest BCUT2D eigenvalue weighted by molar-refractivity contribution is -0.144. The number of aliphatic carboxylic acids is 1. The van der Waals surface area contributed by atoms with Crippen molar-refractivity contribution < 1.29 is 28.6 Å². The zero-order valence-corrected chi connectivity index (χ0v) is 11.5. The zero-order chi connectivity index (χ0) is 15.4. The Kier molecular flexibility index (Phi) is 4.74. The Morgan fingerprint density at radius 3 is 2.90 bits per heavy atom. The quantitative estimate of drug-likeness (QED) is 0.868. The maximum Gasteiger partial charge on any atom is 0.311 e. The Morgan fingerprint density at radius 2 is 2.24 bits per heavy atom. The van der Waals surface area contributed by atoms with Gasteiger partial charge >= 0.3 is 5.97 Å². The molecule has 0 bridgehead atoms. The van der Waals surface area contributed by atoms with E-state index < -0.39 is 23.7 Å². The molecule has 1 fully saturated rings. The van der Waals surface area contributed by atoms with Gasteiger partial charge in [0.2, 0.25) is 0 Å². The fraction of sp³-hybridized carbons (Fsp3) is 0.429. The molecule has 1 N–H and O–H groups in total. The fourth-order valence-corrected chi connectivity index (χ4v) is 2.15. The van der Waals surface area contributed by atoms with Crippen molar-refractivity contribution in [2.75, 3.05) is 26.9 Å². The van der Waals surface area contributed by atoms with Gasteiger partial charge in [0.15, 0.2) is 6.61 Å². The molecule has 114 valence electrons. The Hall–Kier alpha value is -2.15. The average molecular weight is 297 g/mol. The van der Waals surface area contributed by atoms with E-state index in [0.717, 1.165) is 0 Å². The number of carbonyl (C=O) groups excluding carboxylic acids is 1. The van der Waals surface area contributed by atoms with Gasteiger partial charge in [0.25, 0.3) is 5.91 Å². The lowest BCUT2D eigenvalue weighted by atomic mass is 10.0. The molecule has 21 heavy (non-hydrogen) atoms. The molecule has 0 aliphatic carbocycles. The van der Waals surface area contributed by atoms with Crippen LogP contribution in [0.4, 0.5) is 4.39 Å². The van der Waals surface area contributed by atoms with Gasteiger partial charge in [-0.15, -0.1) is 0 Å². The topological polar surface area (TPSA) is 76.1 Å². The van der Waals surface area contributed by atoms with E-state index in [1.54, 1.807) is 0 Å². The molecule has 1 aromatic carbocycles. The van der Waals surface area contributed by atoms with Crippen LogP contribution in [0.15, 0.2) is 24.3 Å². The van der Waals surface area contributed by atoms with Gasteiger partial charge in [0.05, 0.1) is 19.3 Å². The van der Waals surface area contributed by atoms with Crippen molar-refractivity contribution in [2.24, 2.45) is 5.92 Å². The van der Waals surface area contributed by atoms with E-state index in [1.165, 1.54) is 36.2 Å². The number of nitrogens with zero attached hydrogens (tertiary/aromatic N) is 1. The first-order chi connectivity index (χ1) is 9.99. The highest BCUT2D eigenvalue weighted by atomic mass is 19.1. The van der Waals surface area contributed by atoms with Gasteiger partial charge in [-0.1, -0.05) is 6.07 Å². The third kappa shape index (κ3) is 3.69. The minimum Gasteiger partial charge on any atom is -0.484 e. The zero-order valence-electron chi connectivity index (χ0n) is 11.5. The molecule has 1 saturated heterocycles. The second-order valence-electron chi connectivity index (χ2n) is 4.80. The number of likely N-dealkylation sites (N-methyl/N-ethyl adjacent to an activating group) is 1. The molecular formula is C14H16FNO5. The van der Waals surface area contributed by atoms with Gasteiger partial charge in [0.1, 0.15) is 17.5 Å². The van der Waals surface area contributed by atoms with Crippen LogP contribution in [-0.2, 0) is 14.3 Å². The minimum atomic E-state index is -0.997. The summed E-state index contributed by atoms with van der Waals surface area (Å²) in [5, 5.41) is 9.06. The molecule has 2 rings (SSSR count). The van der Waals surface area contributed by atoms with Crippen LogP contribution in [0, 0.1) is 11.7 Å². The minimum absolute atomic E-state index is 0.0857. The molecule has 6 nitrogen and oxygen atoms in total. The number of benzene rings is 1. The van der Waals surface area contributed by atoms with Gasteiger partial charge < -0.3 is 19.5 Å². The van der Waals surface area contributed by atoms with E-state index in [0.29, 0.717) is 0 Å². The first-order valence-corrected chi connectivity index (χ1v) is 6.43. The summed E-state index contributed by atoms with van der Waals surface area (Å²) in [5.74, 6) is -2.34. The number of carboxylic acids is 1. The van der Waals surface area contributed by atoms with Gasteiger partial charge in [-0.2, -0.15) is 0 Å². The van der Waals surface area contributed by atoms with Crippen LogP contribution < -0.4 is 4.74 Å². The second kappa shape index (κ2) is 6.53. The highest BCUT2D eigenvalue weighted by molar-refractivity contribution is 5.79. The van der Waals surface area contributed by atoms with Crippen molar-refractivity contribution in [1.29, 1.82) is 0 Å². The SMILES string of the molecule is CN(C(=O)COc1cccc(F)c1)C1COCC1C(=O)O. The van der Waals surface area contributed by atoms with Crippen molar-refractivity contribution >= 4 is 11.9 Å². The largest absolute Gasteiger partial charge is 0.484 e. The lowest BCUT2D eigenvalue weighted by Gasteiger charge is -2.26. The molecule has 2 unspecified atom stereocenters. The third-order valence-corrected chi connectivity index (χ3v) is 3.42. The van der Waals surface area contributed by atoms with E-state index in [4.69, 9.17) is 14.6 Å².